The van der Waals surface area contributed by atoms with Gasteiger partial charge in [0.05, 0.1) is 0 Å². The van der Waals surface area contributed by atoms with E-state index in [2.05, 4.69) is 191 Å². The second kappa shape index (κ2) is 13.3. The van der Waals surface area contributed by atoms with Gasteiger partial charge in [-0.15, -0.1) is 0 Å². The number of benzene rings is 4. The fourth-order valence-corrected chi connectivity index (χ4v) is 44.0. The van der Waals surface area contributed by atoms with E-state index < -0.39 is 37.6 Å². The Balaban J connectivity index is 1.68. The van der Waals surface area contributed by atoms with Crippen LogP contribution in [0.3, 0.4) is 0 Å². The fourth-order valence-electron chi connectivity index (χ4n) is 9.34. The number of halogens is 2. The van der Waals surface area contributed by atoms with Gasteiger partial charge in [-0.05, 0) is 0 Å². The van der Waals surface area contributed by atoms with Crippen molar-refractivity contribution in [3.8, 4) is 22.3 Å². The maximum atomic E-state index is 8.97. The van der Waals surface area contributed by atoms with Crippen LogP contribution in [0.5, 0.6) is 0 Å². The summed E-state index contributed by atoms with van der Waals surface area (Å²) in [7, 11) is 14.7. The van der Waals surface area contributed by atoms with Crippen LogP contribution in [0.15, 0.2) is 96.1 Å². The summed E-state index contributed by atoms with van der Waals surface area (Å²) >= 11 is -5.06. The molecule has 0 radical (unpaired) electrons. The van der Waals surface area contributed by atoms with Crippen LogP contribution in [-0.2, 0) is 15.6 Å². The molecular weight excluding hydrogens is 799 g/mol. The molecule has 0 saturated heterocycles. The minimum atomic E-state index is -5.06. The molecule has 0 heterocycles. The zero-order valence-corrected chi connectivity index (χ0v) is 41.4. The van der Waals surface area contributed by atoms with E-state index in [4.69, 9.17) is 17.0 Å². The van der Waals surface area contributed by atoms with Crippen molar-refractivity contribution in [1.82, 2.24) is 0 Å². The molecule has 0 spiro atoms. The Hall–Kier alpha value is -1.53. The summed E-state index contributed by atoms with van der Waals surface area (Å²) in [6, 6.07) is 32.3. The van der Waals surface area contributed by atoms with Crippen LogP contribution < -0.4 is 10.4 Å². The van der Waals surface area contributed by atoms with Crippen LogP contribution in [0.2, 0.25) is 52.4 Å². The van der Waals surface area contributed by atoms with Crippen molar-refractivity contribution >= 4 is 61.6 Å². The van der Waals surface area contributed by atoms with Gasteiger partial charge in [-0.2, -0.15) is 0 Å². The normalized spacial score (nSPS) is 18.8. The van der Waals surface area contributed by atoms with Crippen molar-refractivity contribution in [1.29, 1.82) is 0 Å². The molecule has 6 heteroatoms. The number of hydrogen-bond acceptors (Lipinski definition) is 0. The molecule has 0 aliphatic heterocycles. The van der Waals surface area contributed by atoms with E-state index in [1.54, 1.807) is 0 Å². The Labute approximate surface area is 327 Å². The molecule has 4 aromatic carbocycles. The summed E-state index contributed by atoms with van der Waals surface area (Å²) in [4.78, 5) is 0. The minimum absolute atomic E-state index is 0.0325. The fraction of sp³-hybridized carbons (Fsp3) is 0.391. The van der Waals surface area contributed by atoms with Gasteiger partial charge in [0.1, 0.15) is 0 Å². The molecule has 2 aliphatic rings. The molecule has 2 atom stereocenters. The molecule has 2 unspecified atom stereocenters. The predicted molar refractivity (Wildman–Crippen MR) is 241 cm³/mol. The van der Waals surface area contributed by atoms with Gasteiger partial charge in [-0.1, -0.05) is 0 Å². The Morgan fingerprint density at radius 2 is 0.827 bits per heavy atom. The van der Waals surface area contributed by atoms with E-state index in [1.807, 2.05) is 0 Å². The molecular formula is C46H61Cl2Si3Zr. The first kappa shape index (κ1) is 40.1. The Morgan fingerprint density at radius 1 is 0.500 bits per heavy atom. The second-order valence-electron chi connectivity index (χ2n) is 20.2. The monoisotopic (exact) mass is 857 g/mol. The van der Waals surface area contributed by atoms with Gasteiger partial charge in [0.2, 0.25) is 0 Å². The molecule has 0 bridgehead atoms. The second-order valence-corrected chi connectivity index (χ2v) is 72.7. The topological polar surface area (TPSA) is 0 Å². The molecule has 0 nitrogen and oxygen atoms in total. The molecule has 0 amide bonds. The van der Waals surface area contributed by atoms with Gasteiger partial charge in [0, 0.05) is 0 Å². The summed E-state index contributed by atoms with van der Waals surface area (Å²) < 4.78 is 0.0649. The number of hydrogen-bond donors (Lipinski definition) is 0. The van der Waals surface area contributed by atoms with Crippen molar-refractivity contribution in [2.24, 2.45) is 10.8 Å². The van der Waals surface area contributed by atoms with Gasteiger partial charge in [-0.3, -0.25) is 0 Å². The average Bonchev–Trinajstić information content (AvgIpc) is 3.65. The third-order valence-electron chi connectivity index (χ3n) is 12.1. The summed E-state index contributed by atoms with van der Waals surface area (Å²) in [5.74, 6) is -1.74. The first-order valence-corrected chi connectivity index (χ1v) is 42.7. The zero-order chi connectivity index (χ0) is 38.4. The molecule has 52 heavy (non-hydrogen) atoms. The van der Waals surface area contributed by atoms with Gasteiger partial charge in [0.15, 0.2) is 0 Å². The first-order valence-electron chi connectivity index (χ1n) is 19.4. The molecule has 0 saturated carbocycles. The van der Waals surface area contributed by atoms with Crippen molar-refractivity contribution in [3.05, 3.63) is 118 Å². The zero-order valence-electron chi connectivity index (χ0n) is 34.2. The standard InChI is InChI=1S/2C22H27Si.C2H7Si.2ClH.Zr/c2*1-22(2,3)17-14-16-10-9-12-18(20(16)15-17)19-11-7-8-13-21(19)23(4,5)6;1-3-2;;;/h2*7-15H,1-6H3;3H,1-2H3;2*1H;/q;;;;;+2/p-2. The molecule has 0 N–H and O–H groups in total. The van der Waals surface area contributed by atoms with Crippen LogP contribution >= 0.6 is 17.0 Å². The van der Waals surface area contributed by atoms with Crippen molar-refractivity contribution in [2.75, 3.05) is 0 Å². The quantitative estimate of drug-likeness (QED) is 0.162. The van der Waals surface area contributed by atoms with Crippen molar-refractivity contribution in [2.45, 2.75) is 101 Å². The maximum absolute atomic E-state index is 8.97. The third kappa shape index (κ3) is 6.62. The SMILES string of the molecule is C[SiH](C)[Zr]([Cl])([Cl])([CH]1C(C(C)(C)C)=Cc2c(-c3ccccc3[Si](C)(C)C)cccc21)[CH]1C(C(C)(C)C)=Cc2c(-c3ccccc3[Si](C)(C)C)cccc21. The van der Waals surface area contributed by atoms with Gasteiger partial charge in [0.25, 0.3) is 0 Å². The molecule has 0 fully saturated rings. The van der Waals surface area contributed by atoms with E-state index >= 15 is 0 Å². The Bertz CT molecular complexity index is 1970. The van der Waals surface area contributed by atoms with E-state index in [0.717, 1.165) is 0 Å². The van der Waals surface area contributed by atoms with E-state index in [0.29, 0.717) is 0 Å². The van der Waals surface area contributed by atoms with E-state index in [1.165, 1.54) is 66.0 Å². The van der Waals surface area contributed by atoms with Crippen LogP contribution in [0.1, 0.15) is 71.0 Å². The van der Waals surface area contributed by atoms with Crippen LogP contribution in [0, 0.1) is 10.8 Å². The number of allylic oxidation sites excluding steroid dienone is 2. The van der Waals surface area contributed by atoms with Crippen LogP contribution in [-0.4, -0.2) is 22.1 Å². The average molecular weight is 860 g/mol. The molecule has 4 aromatic rings. The molecule has 2 aliphatic carbocycles. The number of fused-ring (bicyclic) bond motifs is 2. The predicted octanol–water partition coefficient (Wildman–Crippen LogP) is 13.8. The van der Waals surface area contributed by atoms with E-state index in [9.17, 15) is 0 Å². The molecule has 275 valence electrons. The first-order chi connectivity index (χ1) is 23.9. The van der Waals surface area contributed by atoms with Gasteiger partial charge >= 0.3 is 330 Å². The Kier molecular flexibility index (Phi) is 10.3. The Morgan fingerprint density at radius 3 is 1.13 bits per heavy atom. The molecule has 6 rings (SSSR count). The summed E-state index contributed by atoms with van der Waals surface area (Å²) in [5, 5.41) is 3.01. The summed E-state index contributed by atoms with van der Waals surface area (Å²) in [6.45, 7) is 34.0. The molecule has 0 aromatic heterocycles. The van der Waals surface area contributed by atoms with Crippen LogP contribution in [0.4, 0.5) is 0 Å². The van der Waals surface area contributed by atoms with Gasteiger partial charge in [-0.25, -0.2) is 0 Å². The summed E-state index contributed by atoms with van der Waals surface area (Å²) in [6.07, 6.45) is 5.09. The van der Waals surface area contributed by atoms with E-state index in [-0.39, 0.29) is 18.1 Å². The third-order valence-corrected chi connectivity index (χ3v) is 67.8. The van der Waals surface area contributed by atoms with Gasteiger partial charge < -0.3 is 0 Å². The van der Waals surface area contributed by atoms with Crippen molar-refractivity contribution in [3.63, 3.8) is 0 Å². The van der Waals surface area contributed by atoms with Crippen molar-refractivity contribution < 1.29 is 15.6 Å². The van der Waals surface area contributed by atoms with Crippen LogP contribution in [0.25, 0.3) is 34.4 Å². The number of rotatable bonds is 7. The summed E-state index contributed by atoms with van der Waals surface area (Å²) in [5.41, 5.74) is 13.5.